The lowest BCUT2D eigenvalue weighted by Gasteiger charge is -2.07. The molecule has 0 bridgehead atoms. The summed E-state index contributed by atoms with van der Waals surface area (Å²) in [6, 6.07) is 7.51. The van der Waals surface area contributed by atoms with E-state index in [1.807, 2.05) is 0 Å². The van der Waals surface area contributed by atoms with Crippen LogP contribution in [0.25, 0.3) is 5.69 Å². The van der Waals surface area contributed by atoms with Gasteiger partial charge in [0.15, 0.2) is 5.82 Å². The van der Waals surface area contributed by atoms with E-state index >= 15 is 0 Å². The third kappa shape index (κ3) is 2.66. The normalized spacial score (nSPS) is 10.6. The molecule has 0 aliphatic rings. The van der Waals surface area contributed by atoms with Crippen LogP contribution >= 0.6 is 0 Å². The van der Waals surface area contributed by atoms with Gasteiger partial charge in [-0.15, -0.1) is 0 Å². The summed E-state index contributed by atoms with van der Waals surface area (Å²) in [4.78, 5) is 16.2. The Balaban J connectivity index is 1.88. The SMILES string of the molecule is Cn1ccc(NC(=O)c2cncn2-c2ccc(F)cc2)n1. The van der Waals surface area contributed by atoms with Crippen molar-refractivity contribution in [1.29, 1.82) is 0 Å². The van der Waals surface area contributed by atoms with Crippen molar-refractivity contribution in [3.63, 3.8) is 0 Å². The van der Waals surface area contributed by atoms with Crippen molar-refractivity contribution in [3.8, 4) is 5.69 Å². The number of hydrogen-bond acceptors (Lipinski definition) is 3. The number of nitrogens with one attached hydrogen (secondary N) is 1. The largest absolute Gasteiger partial charge is 0.304 e. The lowest BCUT2D eigenvalue weighted by Crippen LogP contribution is -2.16. The van der Waals surface area contributed by atoms with E-state index in [0.717, 1.165) is 0 Å². The number of halogens is 1. The highest BCUT2D eigenvalue weighted by atomic mass is 19.1. The summed E-state index contributed by atoms with van der Waals surface area (Å²) < 4.78 is 16.1. The summed E-state index contributed by atoms with van der Waals surface area (Å²) in [6.07, 6.45) is 4.68. The van der Waals surface area contributed by atoms with Gasteiger partial charge in [0.25, 0.3) is 5.91 Å². The molecular formula is C14H12FN5O. The molecule has 0 saturated carbocycles. The first-order valence-electron chi connectivity index (χ1n) is 6.23. The van der Waals surface area contributed by atoms with Gasteiger partial charge in [-0.05, 0) is 24.3 Å². The maximum Gasteiger partial charge on any atom is 0.275 e. The Kier molecular flexibility index (Phi) is 3.23. The molecule has 3 rings (SSSR count). The van der Waals surface area contributed by atoms with Crippen LogP contribution in [0.15, 0.2) is 49.1 Å². The highest BCUT2D eigenvalue weighted by Gasteiger charge is 2.14. The maximum absolute atomic E-state index is 13.0. The third-order valence-electron chi connectivity index (χ3n) is 2.93. The molecule has 0 aliphatic carbocycles. The third-order valence-corrected chi connectivity index (χ3v) is 2.93. The predicted molar refractivity (Wildman–Crippen MR) is 74.7 cm³/mol. The second kappa shape index (κ2) is 5.20. The molecule has 1 aromatic carbocycles. The zero-order valence-electron chi connectivity index (χ0n) is 11.2. The van der Waals surface area contributed by atoms with Gasteiger partial charge in [-0.1, -0.05) is 0 Å². The number of aryl methyl sites for hydroxylation is 1. The van der Waals surface area contributed by atoms with Gasteiger partial charge in [0.2, 0.25) is 0 Å². The van der Waals surface area contributed by atoms with Crippen molar-refractivity contribution in [2.45, 2.75) is 0 Å². The Morgan fingerprint density at radius 1 is 1.24 bits per heavy atom. The molecular weight excluding hydrogens is 273 g/mol. The van der Waals surface area contributed by atoms with E-state index in [9.17, 15) is 9.18 Å². The lowest BCUT2D eigenvalue weighted by atomic mass is 10.3. The van der Waals surface area contributed by atoms with Crippen molar-refractivity contribution >= 4 is 11.7 Å². The number of benzene rings is 1. The van der Waals surface area contributed by atoms with Gasteiger partial charge in [-0.3, -0.25) is 14.0 Å². The van der Waals surface area contributed by atoms with Gasteiger partial charge in [0.1, 0.15) is 11.5 Å². The Labute approximate surface area is 119 Å². The smallest absolute Gasteiger partial charge is 0.275 e. The second-order valence-electron chi connectivity index (χ2n) is 4.45. The Hall–Kier alpha value is -2.96. The van der Waals surface area contributed by atoms with Gasteiger partial charge in [-0.25, -0.2) is 9.37 Å². The van der Waals surface area contributed by atoms with Crippen LogP contribution in [0.2, 0.25) is 0 Å². The zero-order chi connectivity index (χ0) is 14.8. The van der Waals surface area contributed by atoms with Gasteiger partial charge in [-0.2, -0.15) is 5.10 Å². The molecule has 106 valence electrons. The van der Waals surface area contributed by atoms with Gasteiger partial charge in [0.05, 0.1) is 12.5 Å². The molecule has 2 aromatic heterocycles. The van der Waals surface area contributed by atoms with Gasteiger partial charge < -0.3 is 5.32 Å². The minimum absolute atomic E-state index is 0.335. The van der Waals surface area contributed by atoms with Gasteiger partial charge >= 0.3 is 0 Å². The molecule has 0 spiro atoms. The van der Waals surface area contributed by atoms with E-state index in [1.54, 1.807) is 40.7 Å². The van der Waals surface area contributed by atoms with Crippen LogP contribution in [0.4, 0.5) is 10.2 Å². The number of hydrogen-bond donors (Lipinski definition) is 1. The second-order valence-corrected chi connectivity index (χ2v) is 4.45. The summed E-state index contributed by atoms with van der Waals surface area (Å²) in [5.41, 5.74) is 0.993. The van der Waals surface area contributed by atoms with E-state index in [4.69, 9.17) is 0 Å². The van der Waals surface area contributed by atoms with Crippen LogP contribution in [0.1, 0.15) is 10.5 Å². The van der Waals surface area contributed by atoms with E-state index in [1.165, 1.54) is 24.7 Å². The van der Waals surface area contributed by atoms with Crippen LogP contribution in [0.3, 0.4) is 0 Å². The molecule has 6 nitrogen and oxygen atoms in total. The quantitative estimate of drug-likeness (QED) is 0.800. The number of aromatic nitrogens is 4. The Morgan fingerprint density at radius 3 is 2.67 bits per heavy atom. The number of carbonyl (C=O) groups excluding carboxylic acids is 1. The molecule has 0 atom stereocenters. The molecule has 2 heterocycles. The van der Waals surface area contributed by atoms with Crippen molar-refractivity contribution in [2.24, 2.45) is 7.05 Å². The molecule has 0 aliphatic heterocycles. The lowest BCUT2D eigenvalue weighted by molar-refractivity contribution is 0.102. The fourth-order valence-corrected chi connectivity index (χ4v) is 1.93. The highest BCUT2D eigenvalue weighted by Crippen LogP contribution is 2.13. The number of rotatable bonds is 3. The van der Waals surface area contributed by atoms with Crippen LogP contribution in [-0.4, -0.2) is 25.2 Å². The van der Waals surface area contributed by atoms with E-state index in [-0.39, 0.29) is 11.7 Å². The molecule has 1 amide bonds. The maximum atomic E-state index is 13.0. The van der Waals surface area contributed by atoms with Crippen molar-refractivity contribution in [3.05, 3.63) is 60.6 Å². The van der Waals surface area contributed by atoms with E-state index < -0.39 is 0 Å². The Bertz CT molecular complexity index is 775. The van der Waals surface area contributed by atoms with Crippen LogP contribution in [-0.2, 0) is 7.05 Å². The average Bonchev–Trinajstić information content (AvgIpc) is 3.09. The molecule has 0 fully saturated rings. The fourth-order valence-electron chi connectivity index (χ4n) is 1.93. The predicted octanol–water partition coefficient (Wildman–Crippen LogP) is 2.00. The molecule has 1 N–H and O–H groups in total. The van der Waals surface area contributed by atoms with Crippen LogP contribution in [0.5, 0.6) is 0 Å². The highest BCUT2D eigenvalue weighted by molar-refractivity contribution is 6.02. The van der Waals surface area contributed by atoms with Crippen molar-refractivity contribution in [2.75, 3.05) is 5.32 Å². The zero-order valence-corrected chi connectivity index (χ0v) is 11.2. The average molecular weight is 285 g/mol. The number of anilines is 1. The molecule has 0 saturated heterocycles. The summed E-state index contributed by atoms with van der Waals surface area (Å²) in [6.45, 7) is 0. The first kappa shape index (κ1) is 13.0. The van der Waals surface area contributed by atoms with Crippen molar-refractivity contribution < 1.29 is 9.18 Å². The minimum atomic E-state index is -0.337. The summed E-state index contributed by atoms with van der Waals surface area (Å²) in [7, 11) is 1.76. The molecule has 0 radical (unpaired) electrons. The van der Waals surface area contributed by atoms with E-state index in [0.29, 0.717) is 17.2 Å². The monoisotopic (exact) mass is 285 g/mol. The molecule has 3 aromatic rings. The topological polar surface area (TPSA) is 64.7 Å². The number of nitrogens with zero attached hydrogens (tertiary/aromatic N) is 4. The summed E-state index contributed by atoms with van der Waals surface area (Å²) in [5.74, 6) is -0.219. The number of imidazole rings is 1. The molecule has 0 unspecified atom stereocenters. The van der Waals surface area contributed by atoms with Crippen LogP contribution < -0.4 is 5.32 Å². The summed E-state index contributed by atoms with van der Waals surface area (Å²) >= 11 is 0. The van der Waals surface area contributed by atoms with Crippen LogP contribution in [0, 0.1) is 5.82 Å². The standard InChI is InChI=1S/C14H12FN5O/c1-19-7-6-13(18-19)17-14(21)12-8-16-9-20(12)11-4-2-10(15)3-5-11/h2-9H,1H3,(H,17,18,21). The van der Waals surface area contributed by atoms with Gasteiger partial charge in [0, 0.05) is 25.0 Å². The number of amides is 1. The molecule has 21 heavy (non-hydrogen) atoms. The Morgan fingerprint density at radius 2 is 2.00 bits per heavy atom. The molecule has 7 heteroatoms. The minimum Gasteiger partial charge on any atom is -0.304 e. The van der Waals surface area contributed by atoms with E-state index in [2.05, 4.69) is 15.4 Å². The number of carbonyl (C=O) groups is 1. The van der Waals surface area contributed by atoms with Crippen molar-refractivity contribution in [1.82, 2.24) is 19.3 Å². The first-order chi connectivity index (χ1) is 10.1. The summed E-state index contributed by atoms with van der Waals surface area (Å²) in [5, 5.41) is 6.76. The fraction of sp³-hybridized carbons (Fsp3) is 0.0714. The first-order valence-corrected chi connectivity index (χ1v) is 6.23.